The number of carbonyl (C=O) groups excluding carboxylic acids is 1. The Hall–Kier alpha value is -3.03. The van der Waals surface area contributed by atoms with Crippen molar-refractivity contribution in [3.63, 3.8) is 0 Å². The fourth-order valence-corrected chi connectivity index (χ4v) is 1.74. The molecule has 0 saturated heterocycles. The molecule has 8 nitrogen and oxygen atoms in total. The van der Waals surface area contributed by atoms with Crippen LogP contribution in [-0.2, 0) is 6.42 Å². The summed E-state index contributed by atoms with van der Waals surface area (Å²) in [5.74, 6) is -0.147. The van der Waals surface area contributed by atoms with Crippen LogP contribution >= 0.6 is 0 Å². The summed E-state index contributed by atoms with van der Waals surface area (Å²) in [6, 6.07) is 6.45. The van der Waals surface area contributed by atoms with E-state index in [1.807, 2.05) is 6.92 Å². The Kier molecular flexibility index (Phi) is 4.07. The number of aryl methyl sites for hydroxylation is 1. The Labute approximate surface area is 120 Å². The third-order valence-electron chi connectivity index (χ3n) is 2.78. The van der Waals surface area contributed by atoms with Gasteiger partial charge in [0, 0.05) is 6.42 Å². The number of amides is 1. The Morgan fingerprint density at radius 2 is 2.14 bits per heavy atom. The number of primary amides is 1. The second-order valence-corrected chi connectivity index (χ2v) is 4.17. The molecule has 1 aromatic carbocycles. The quantitative estimate of drug-likeness (QED) is 0.638. The van der Waals surface area contributed by atoms with Crippen LogP contribution in [0, 0.1) is 10.1 Å². The minimum Gasteiger partial charge on any atom is -0.366 e. The summed E-state index contributed by atoms with van der Waals surface area (Å²) in [7, 11) is 0. The highest BCUT2D eigenvalue weighted by atomic mass is 16.6. The number of rotatable bonds is 5. The zero-order valence-corrected chi connectivity index (χ0v) is 11.2. The molecule has 108 valence electrons. The molecule has 0 fully saturated rings. The molecule has 1 heterocycles. The first kappa shape index (κ1) is 14.4. The summed E-state index contributed by atoms with van der Waals surface area (Å²) >= 11 is 0. The van der Waals surface area contributed by atoms with Gasteiger partial charge in [0.1, 0.15) is 12.0 Å². The molecule has 0 bridgehead atoms. The second-order valence-electron chi connectivity index (χ2n) is 4.17. The zero-order valence-electron chi connectivity index (χ0n) is 11.2. The summed E-state index contributed by atoms with van der Waals surface area (Å²) in [6.45, 7) is 1.84. The van der Waals surface area contributed by atoms with Crippen LogP contribution in [0.3, 0.4) is 0 Å². The van der Waals surface area contributed by atoms with E-state index in [2.05, 4.69) is 15.3 Å². The maximum Gasteiger partial charge on any atom is 0.329 e. The first-order valence-corrected chi connectivity index (χ1v) is 6.19. The SMILES string of the molecule is CCc1ncc([N+](=O)[O-])c(Nc2ccccc2C(N)=O)n1. The van der Waals surface area contributed by atoms with Crippen LogP contribution in [0.25, 0.3) is 0 Å². The van der Waals surface area contributed by atoms with Gasteiger partial charge in [0.15, 0.2) is 0 Å². The number of nitrogens with two attached hydrogens (primary N) is 1. The first-order chi connectivity index (χ1) is 10.0. The fraction of sp³-hybridized carbons (Fsp3) is 0.154. The number of carbonyl (C=O) groups is 1. The first-order valence-electron chi connectivity index (χ1n) is 6.19. The van der Waals surface area contributed by atoms with Crippen LogP contribution in [0.15, 0.2) is 30.5 Å². The topological polar surface area (TPSA) is 124 Å². The molecule has 0 atom stereocenters. The number of nitrogens with zero attached hydrogens (tertiary/aromatic N) is 3. The largest absolute Gasteiger partial charge is 0.366 e. The summed E-state index contributed by atoms with van der Waals surface area (Å²) in [5, 5.41) is 13.8. The summed E-state index contributed by atoms with van der Waals surface area (Å²) in [4.78, 5) is 29.8. The van der Waals surface area contributed by atoms with Gasteiger partial charge < -0.3 is 11.1 Å². The lowest BCUT2D eigenvalue weighted by atomic mass is 10.1. The van der Waals surface area contributed by atoms with Crippen LogP contribution in [0.5, 0.6) is 0 Å². The molecule has 1 amide bonds. The van der Waals surface area contributed by atoms with Crippen molar-refractivity contribution in [2.75, 3.05) is 5.32 Å². The minimum atomic E-state index is -0.634. The average Bonchev–Trinajstić information content (AvgIpc) is 2.47. The van der Waals surface area contributed by atoms with Crippen LogP contribution < -0.4 is 11.1 Å². The molecule has 0 saturated carbocycles. The molecule has 0 radical (unpaired) electrons. The highest BCUT2D eigenvalue weighted by molar-refractivity contribution is 5.99. The molecule has 0 aliphatic heterocycles. The van der Waals surface area contributed by atoms with Crippen molar-refractivity contribution < 1.29 is 9.72 Å². The summed E-state index contributed by atoms with van der Waals surface area (Å²) in [6.07, 6.45) is 1.67. The number of hydrogen-bond donors (Lipinski definition) is 2. The standard InChI is InChI=1S/C13H13N5O3/c1-2-11-15-7-10(18(20)21)13(17-11)16-9-6-4-3-5-8(9)12(14)19/h3-7H,2H2,1H3,(H2,14,19)(H,15,16,17). The van der Waals surface area contributed by atoms with E-state index in [1.54, 1.807) is 18.2 Å². The van der Waals surface area contributed by atoms with E-state index in [1.165, 1.54) is 6.07 Å². The van der Waals surface area contributed by atoms with Crippen molar-refractivity contribution in [3.05, 3.63) is 52.0 Å². The van der Waals surface area contributed by atoms with E-state index in [-0.39, 0.29) is 17.1 Å². The van der Waals surface area contributed by atoms with Gasteiger partial charge in [-0.1, -0.05) is 19.1 Å². The molecule has 3 N–H and O–H groups in total. The maximum atomic E-state index is 11.4. The van der Waals surface area contributed by atoms with E-state index in [0.717, 1.165) is 6.20 Å². The van der Waals surface area contributed by atoms with E-state index >= 15 is 0 Å². The van der Waals surface area contributed by atoms with Crippen LogP contribution in [0.2, 0.25) is 0 Å². The van der Waals surface area contributed by atoms with Gasteiger partial charge in [-0.25, -0.2) is 9.97 Å². The number of aromatic nitrogens is 2. The maximum absolute atomic E-state index is 11.4. The molecule has 2 aromatic rings. The number of para-hydroxylation sites is 1. The highest BCUT2D eigenvalue weighted by Gasteiger charge is 2.18. The predicted octanol–water partition coefficient (Wildman–Crippen LogP) is 1.79. The van der Waals surface area contributed by atoms with E-state index in [0.29, 0.717) is 17.9 Å². The van der Waals surface area contributed by atoms with E-state index in [4.69, 9.17) is 5.73 Å². The van der Waals surface area contributed by atoms with Crippen molar-refractivity contribution in [2.24, 2.45) is 5.73 Å². The number of hydrogen-bond acceptors (Lipinski definition) is 6. The molecule has 0 unspecified atom stereocenters. The summed E-state index contributed by atoms with van der Waals surface area (Å²) < 4.78 is 0. The van der Waals surface area contributed by atoms with Crippen molar-refractivity contribution in [2.45, 2.75) is 13.3 Å². The Morgan fingerprint density at radius 1 is 1.43 bits per heavy atom. The third-order valence-corrected chi connectivity index (χ3v) is 2.78. The molecule has 21 heavy (non-hydrogen) atoms. The van der Waals surface area contributed by atoms with Gasteiger partial charge in [-0.05, 0) is 12.1 Å². The predicted molar refractivity (Wildman–Crippen MR) is 76.3 cm³/mol. The van der Waals surface area contributed by atoms with Crippen molar-refractivity contribution in [3.8, 4) is 0 Å². The van der Waals surface area contributed by atoms with Crippen LogP contribution in [0.1, 0.15) is 23.1 Å². The Balaban J connectivity index is 2.48. The second kappa shape index (κ2) is 5.95. The Morgan fingerprint density at radius 3 is 2.76 bits per heavy atom. The summed E-state index contributed by atoms with van der Waals surface area (Å²) in [5.41, 5.74) is 5.59. The molecular weight excluding hydrogens is 274 g/mol. The molecule has 8 heteroatoms. The monoisotopic (exact) mass is 287 g/mol. The number of anilines is 2. The minimum absolute atomic E-state index is 0.0283. The molecule has 0 aliphatic carbocycles. The Bertz CT molecular complexity index is 702. The molecule has 0 spiro atoms. The van der Waals surface area contributed by atoms with Crippen molar-refractivity contribution in [1.82, 2.24) is 9.97 Å². The van der Waals surface area contributed by atoms with Gasteiger partial charge in [-0.2, -0.15) is 0 Å². The highest BCUT2D eigenvalue weighted by Crippen LogP contribution is 2.26. The van der Waals surface area contributed by atoms with Gasteiger partial charge in [0.2, 0.25) is 5.82 Å². The van der Waals surface area contributed by atoms with Gasteiger partial charge in [0.05, 0.1) is 16.2 Å². The van der Waals surface area contributed by atoms with Crippen molar-refractivity contribution >= 4 is 23.1 Å². The van der Waals surface area contributed by atoms with Gasteiger partial charge >= 0.3 is 5.69 Å². The van der Waals surface area contributed by atoms with Gasteiger partial charge in [0.25, 0.3) is 5.91 Å². The van der Waals surface area contributed by atoms with Crippen LogP contribution in [0.4, 0.5) is 17.2 Å². The van der Waals surface area contributed by atoms with E-state index in [9.17, 15) is 14.9 Å². The molecule has 2 rings (SSSR count). The van der Waals surface area contributed by atoms with Crippen LogP contribution in [-0.4, -0.2) is 20.8 Å². The third kappa shape index (κ3) is 3.11. The van der Waals surface area contributed by atoms with E-state index < -0.39 is 10.8 Å². The number of benzene rings is 1. The normalized spacial score (nSPS) is 10.1. The average molecular weight is 287 g/mol. The lowest BCUT2D eigenvalue weighted by Gasteiger charge is -2.10. The molecular formula is C13H13N5O3. The lowest BCUT2D eigenvalue weighted by Crippen LogP contribution is -2.14. The van der Waals surface area contributed by atoms with Crippen molar-refractivity contribution in [1.29, 1.82) is 0 Å². The molecule has 1 aromatic heterocycles. The molecule has 0 aliphatic rings. The van der Waals surface area contributed by atoms with Gasteiger partial charge in [-0.15, -0.1) is 0 Å². The number of nitro groups is 1. The smallest absolute Gasteiger partial charge is 0.329 e. The fourth-order valence-electron chi connectivity index (χ4n) is 1.74. The van der Waals surface area contributed by atoms with Gasteiger partial charge in [-0.3, -0.25) is 14.9 Å². The zero-order chi connectivity index (χ0) is 15.4. The number of nitrogens with one attached hydrogen (secondary N) is 1. The lowest BCUT2D eigenvalue weighted by molar-refractivity contribution is -0.384.